The predicted octanol–water partition coefficient (Wildman–Crippen LogP) is 2.35. The number of hydrogen-bond acceptors (Lipinski definition) is 6. The van der Waals surface area contributed by atoms with Crippen LogP contribution >= 0.6 is 24.8 Å². The van der Waals surface area contributed by atoms with Gasteiger partial charge in [-0.2, -0.15) is 0 Å². The zero-order valence-corrected chi connectivity index (χ0v) is 16.9. The van der Waals surface area contributed by atoms with Crippen molar-refractivity contribution in [3.05, 3.63) is 47.7 Å². The first kappa shape index (κ1) is 21.8. The molecule has 4 rings (SSSR count). The molecule has 8 heteroatoms. The van der Waals surface area contributed by atoms with Crippen LogP contribution in [0.1, 0.15) is 35.9 Å². The molecule has 0 radical (unpaired) electrons. The Hall–Kier alpha value is -1.47. The number of aliphatic hydroxyl groups excluding tert-OH is 1. The Morgan fingerprint density at radius 3 is 2.56 bits per heavy atom. The summed E-state index contributed by atoms with van der Waals surface area (Å²) in [5.74, 6) is 1.35. The summed E-state index contributed by atoms with van der Waals surface area (Å²) in [6.45, 7) is 3.82. The molecule has 2 N–H and O–H groups in total. The van der Waals surface area contributed by atoms with Crippen molar-refractivity contribution in [2.45, 2.75) is 31.8 Å². The Kier molecular flexibility index (Phi) is 8.23. The van der Waals surface area contributed by atoms with E-state index < -0.39 is 6.10 Å². The third kappa shape index (κ3) is 4.88. The first-order valence-corrected chi connectivity index (χ1v) is 9.20. The van der Waals surface area contributed by atoms with Crippen LogP contribution in [0.2, 0.25) is 0 Å². The topological polar surface area (TPSA) is 74.2 Å². The third-order valence-electron chi connectivity index (χ3n) is 5.38. The minimum atomic E-state index is -0.477. The largest absolute Gasteiger partial charge is 0.387 e. The van der Waals surface area contributed by atoms with Crippen LogP contribution in [0.15, 0.2) is 30.7 Å². The van der Waals surface area contributed by atoms with E-state index in [1.165, 1.54) is 11.3 Å². The maximum atomic E-state index is 10.6. The van der Waals surface area contributed by atoms with Gasteiger partial charge in [-0.15, -0.1) is 24.8 Å². The average molecular weight is 412 g/mol. The van der Waals surface area contributed by atoms with Crippen LogP contribution in [0.5, 0.6) is 0 Å². The number of hydrogen-bond donors (Lipinski definition) is 2. The molecule has 0 bridgehead atoms. The number of piperidine rings is 1. The minimum Gasteiger partial charge on any atom is -0.387 e. The van der Waals surface area contributed by atoms with Crippen molar-refractivity contribution in [1.82, 2.24) is 20.3 Å². The molecular weight excluding hydrogens is 385 g/mol. The number of halogens is 2. The highest BCUT2D eigenvalue weighted by atomic mass is 35.5. The fourth-order valence-electron chi connectivity index (χ4n) is 3.95. The van der Waals surface area contributed by atoms with E-state index in [-0.39, 0.29) is 30.7 Å². The SMILES string of the molecule is Cl.Cl.OC(c1ccccn1)C1CCN(c2ncnc3c2CCNCC3)CC1. The Morgan fingerprint density at radius 2 is 1.81 bits per heavy atom. The summed E-state index contributed by atoms with van der Waals surface area (Å²) < 4.78 is 0. The van der Waals surface area contributed by atoms with Gasteiger partial charge in [0.1, 0.15) is 12.1 Å². The van der Waals surface area contributed by atoms with E-state index in [1.807, 2.05) is 18.2 Å². The van der Waals surface area contributed by atoms with E-state index in [2.05, 4.69) is 25.2 Å². The molecule has 0 saturated carbocycles. The number of nitrogens with zero attached hydrogens (tertiary/aromatic N) is 4. The quantitative estimate of drug-likeness (QED) is 0.807. The van der Waals surface area contributed by atoms with Crippen LogP contribution in [-0.4, -0.2) is 46.2 Å². The van der Waals surface area contributed by atoms with Crippen LogP contribution in [0.4, 0.5) is 5.82 Å². The lowest BCUT2D eigenvalue weighted by atomic mass is 9.89. The Labute approximate surface area is 172 Å². The van der Waals surface area contributed by atoms with Gasteiger partial charge in [0.15, 0.2) is 0 Å². The molecular formula is C19H27Cl2N5O. The number of anilines is 1. The van der Waals surface area contributed by atoms with Crippen LogP contribution in [0, 0.1) is 5.92 Å². The zero-order valence-electron chi connectivity index (χ0n) is 15.3. The molecule has 2 aliphatic rings. The fraction of sp³-hybridized carbons (Fsp3) is 0.526. The number of aromatic nitrogens is 3. The number of aliphatic hydroxyl groups is 1. The molecule has 1 unspecified atom stereocenters. The zero-order chi connectivity index (χ0) is 17.1. The van der Waals surface area contributed by atoms with Crippen LogP contribution in [0.3, 0.4) is 0 Å². The van der Waals surface area contributed by atoms with Gasteiger partial charge in [-0.25, -0.2) is 9.97 Å². The minimum absolute atomic E-state index is 0. The van der Waals surface area contributed by atoms with Crippen molar-refractivity contribution < 1.29 is 5.11 Å². The van der Waals surface area contributed by atoms with Crippen molar-refractivity contribution >= 4 is 30.6 Å². The number of rotatable bonds is 3. The lowest BCUT2D eigenvalue weighted by molar-refractivity contribution is 0.0890. The normalized spacial score (nSPS) is 18.5. The predicted molar refractivity (Wildman–Crippen MR) is 111 cm³/mol. The summed E-state index contributed by atoms with van der Waals surface area (Å²) in [7, 11) is 0. The second-order valence-corrected chi connectivity index (χ2v) is 6.90. The summed E-state index contributed by atoms with van der Waals surface area (Å²) in [6.07, 6.45) is 6.84. The van der Waals surface area contributed by atoms with Crippen LogP contribution in [-0.2, 0) is 12.8 Å². The van der Waals surface area contributed by atoms with E-state index in [0.29, 0.717) is 0 Å². The molecule has 0 spiro atoms. The summed E-state index contributed by atoms with van der Waals surface area (Å²) in [5.41, 5.74) is 3.27. The van der Waals surface area contributed by atoms with E-state index in [9.17, 15) is 5.11 Å². The van der Waals surface area contributed by atoms with Gasteiger partial charge in [-0.05, 0) is 43.9 Å². The lowest BCUT2D eigenvalue weighted by Crippen LogP contribution is -2.37. The Bertz CT molecular complexity index is 711. The molecule has 1 saturated heterocycles. The molecule has 2 aromatic heterocycles. The average Bonchev–Trinajstić information content (AvgIpc) is 2.94. The molecule has 1 fully saturated rings. The summed E-state index contributed by atoms with van der Waals surface area (Å²) in [4.78, 5) is 15.8. The van der Waals surface area contributed by atoms with Crippen molar-refractivity contribution in [3.63, 3.8) is 0 Å². The molecule has 1 atom stereocenters. The van der Waals surface area contributed by atoms with Crippen molar-refractivity contribution in [3.8, 4) is 0 Å². The summed E-state index contributed by atoms with van der Waals surface area (Å²) in [5, 5.41) is 14.1. The van der Waals surface area contributed by atoms with E-state index in [0.717, 1.165) is 63.4 Å². The van der Waals surface area contributed by atoms with Crippen LogP contribution < -0.4 is 10.2 Å². The molecule has 6 nitrogen and oxygen atoms in total. The Balaban J connectivity index is 0.00000131. The number of nitrogens with one attached hydrogen (secondary N) is 1. The number of pyridine rings is 1. The monoisotopic (exact) mass is 411 g/mol. The molecule has 0 aromatic carbocycles. The smallest absolute Gasteiger partial charge is 0.135 e. The van der Waals surface area contributed by atoms with Gasteiger partial charge in [0.05, 0.1) is 17.5 Å². The standard InChI is InChI=1S/C19H25N5O.2ClH/c25-18(17-3-1-2-8-21-17)14-6-11-24(12-7-14)19-15-4-9-20-10-5-16(15)22-13-23-19;;/h1-3,8,13-14,18,20,25H,4-7,9-12H2;2*1H. The van der Waals surface area contributed by atoms with Gasteiger partial charge in [-0.3, -0.25) is 4.98 Å². The highest BCUT2D eigenvalue weighted by Gasteiger charge is 2.29. The van der Waals surface area contributed by atoms with Gasteiger partial charge in [-0.1, -0.05) is 6.07 Å². The molecule has 27 heavy (non-hydrogen) atoms. The second kappa shape index (κ2) is 10.2. The maximum absolute atomic E-state index is 10.6. The first-order valence-electron chi connectivity index (χ1n) is 9.20. The molecule has 0 aliphatic carbocycles. The van der Waals surface area contributed by atoms with Gasteiger partial charge in [0, 0.05) is 37.8 Å². The van der Waals surface area contributed by atoms with Gasteiger partial charge < -0.3 is 15.3 Å². The summed E-state index contributed by atoms with van der Waals surface area (Å²) in [6, 6.07) is 5.73. The fourth-order valence-corrected chi connectivity index (χ4v) is 3.95. The van der Waals surface area contributed by atoms with Gasteiger partial charge >= 0.3 is 0 Å². The Morgan fingerprint density at radius 1 is 1.04 bits per heavy atom. The third-order valence-corrected chi connectivity index (χ3v) is 5.38. The first-order chi connectivity index (χ1) is 12.3. The highest BCUT2D eigenvalue weighted by molar-refractivity contribution is 5.85. The maximum Gasteiger partial charge on any atom is 0.135 e. The van der Waals surface area contributed by atoms with Crippen molar-refractivity contribution in [2.24, 2.45) is 5.92 Å². The van der Waals surface area contributed by atoms with Crippen LogP contribution in [0.25, 0.3) is 0 Å². The lowest BCUT2D eigenvalue weighted by Gasteiger charge is -2.35. The van der Waals surface area contributed by atoms with Gasteiger partial charge in [0.25, 0.3) is 0 Å². The van der Waals surface area contributed by atoms with Gasteiger partial charge in [0.2, 0.25) is 0 Å². The molecule has 2 aliphatic heterocycles. The summed E-state index contributed by atoms with van der Waals surface area (Å²) >= 11 is 0. The molecule has 4 heterocycles. The second-order valence-electron chi connectivity index (χ2n) is 6.90. The van der Waals surface area contributed by atoms with E-state index in [4.69, 9.17) is 0 Å². The molecule has 0 amide bonds. The van der Waals surface area contributed by atoms with E-state index >= 15 is 0 Å². The highest BCUT2D eigenvalue weighted by Crippen LogP contribution is 2.32. The molecule has 2 aromatic rings. The van der Waals surface area contributed by atoms with E-state index in [1.54, 1.807) is 12.5 Å². The van der Waals surface area contributed by atoms with Crippen molar-refractivity contribution in [2.75, 3.05) is 31.1 Å². The van der Waals surface area contributed by atoms with Crippen molar-refractivity contribution in [1.29, 1.82) is 0 Å². The number of fused-ring (bicyclic) bond motifs is 1. The molecule has 148 valence electrons.